The van der Waals surface area contributed by atoms with Gasteiger partial charge in [0.05, 0.1) is 6.04 Å². The molecule has 2 N–H and O–H groups in total. The van der Waals surface area contributed by atoms with Crippen molar-refractivity contribution in [3.63, 3.8) is 0 Å². The molecule has 0 bridgehead atoms. The number of ether oxygens (including phenoxy) is 1. The Kier molecular flexibility index (Phi) is 5.16. The van der Waals surface area contributed by atoms with Crippen molar-refractivity contribution in [2.45, 2.75) is 13.0 Å². The van der Waals surface area contributed by atoms with E-state index in [1.54, 1.807) is 0 Å². The van der Waals surface area contributed by atoms with Gasteiger partial charge in [0.25, 0.3) is 0 Å². The van der Waals surface area contributed by atoms with Gasteiger partial charge in [-0.2, -0.15) is 0 Å². The Morgan fingerprint density at radius 2 is 1.94 bits per heavy atom. The Morgan fingerprint density at radius 3 is 2.53 bits per heavy atom. The molecule has 0 saturated heterocycles. The minimum absolute atomic E-state index is 0.128. The van der Waals surface area contributed by atoms with Crippen molar-refractivity contribution in [1.29, 1.82) is 0 Å². The van der Waals surface area contributed by atoms with Crippen LogP contribution in [0.5, 0.6) is 0 Å². The van der Waals surface area contributed by atoms with Crippen molar-refractivity contribution < 1.29 is 19.4 Å². The van der Waals surface area contributed by atoms with Crippen LogP contribution in [0.25, 0.3) is 0 Å². The van der Waals surface area contributed by atoms with Crippen LogP contribution < -0.4 is 5.32 Å². The lowest BCUT2D eigenvalue weighted by atomic mass is 10.1. The average Bonchev–Trinajstić information content (AvgIpc) is 2.29. The fourth-order valence-electron chi connectivity index (χ4n) is 1.34. The molecule has 0 radical (unpaired) electrons. The van der Waals surface area contributed by atoms with E-state index in [1.165, 1.54) is 0 Å². The van der Waals surface area contributed by atoms with E-state index >= 15 is 0 Å². The first-order valence-electron chi connectivity index (χ1n) is 5.23. The van der Waals surface area contributed by atoms with Gasteiger partial charge in [-0.05, 0) is 12.5 Å². The Bertz CT molecular complexity index is 377. The van der Waals surface area contributed by atoms with E-state index in [1.807, 2.05) is 37.3 Å². The lowest BCUT2D eigenvalue weighted by Crippen LogP contribution is -2.30. The van der Waals surface area contributed by atoms with E-state index in [0.717, 1.165) is 5.56 Å². The minimum atomic E-state index is -1.09. The molecule has 0 aliphatic carbocycles. The molecule has 1 aromatic rings. The van der Waals surface area contributed by atoms with Crippen LogP contribution >= 0.6 is 0 Å². The normalized spacial score (nSPS) is 11.8. The fraction of sp³-hybridized carbons (Fsp3) is 0.333. The van der Waals surface area contributed by atoms with Crippen LogP contribution in [0, 0.1) is 0 Å². The third-order valence-corrected chi connectivity index (χ3v) is 2.14. The summed E-state index contributed by atoms with van der Waals surface area (Å²) in [5.41, 5.74) is 0.985. The topological polar surface area (TPSA) is 75.6 Å². The molecule has 1 amide bonds. The third-order valence-electron chi connectivity index (χ3n) is 2.14. The number of carboxylic acids is 1. The van der Waals surface area contributed by atoms with Crippen LogP contribution in [0.2, 0.25) is 0 Å². The van der Waals surface area contributed by atoms with E-state index in [2.05, 4.69) is 10.1 Å². The van der Waals surface area contributed by atoms with Crippen LogP contribution in [0.1, 0.15) is 18.5 Å². The predicted octanol–water partition coefficient (Wildman–Crippen LogP) is 0.965. The number of amides is 1. The molecular formula is C12H15NO4. The molecule has 1 rings (SSSR count). The van der Waals surface area contributed by atoms with Crippen molar-refractivity contribution in [2.75, 3.05) is 13.2 Å². The largest absolute Gasteiger partial charge is 0.480 e. The number of carbonyl (C=O) groups excluding carboxylic acids is 1. The van der Waals surface area contributed by atoms with Crippen molar-refractivity contribution in [1.82, 2.24) is 5.32 Å². The molecule has 1 aromatic carbocycles. The molecule has 5 nitrogen and oxygen atoms in total. The van der Waals surface area contributed by atoms with Gasteiger partial charge in [-0.1, -0.05) is 30.3 Å². The maximum absolute atomic E-state index is 11.4. The number of rotatable bonds is 6. The average molecular weight is 237 g/mol. The quantitative estimate of drug-likeness (QED) is 0.772. The number of nitrogens with one attached hydrogen (secondary N) is 1. The van der Waals surface area contributed by atoms with Gasteiger partial charge < -0.3 is 15.2 Å². The molecule has 0 spiro atoms. The summed E-state index contributed by atoms with van der Waals surface area (Å²) in [6.45, 7) is 1.14. The van der Waals surface area contributed by atoms with E-state index in [4.69, 9.17) is 5.11 Å². The monoisotopic (exact) mass is 237 g/mol. The molecule has 17 heavy (non-hydrogen) atoms. The Hall–Kier alpha value is -1.88. The molecule has 0 heterocycles. The molecule has 92 valence electrons. The van der Waals surface area contributed by atoms with Gasteiger partial charge in [0, 0.05) is 0 Å². The summed E-state index contributed by atoms with van der Waals surface area (Å²) >= 11 is 0. The molecule has 0 aromatic heterocycles. The van der Waals surface area contributed by atoms with E-state index < -0.39 is 12.6 Å². The zero-order valence-corrected chi connectivity index (χ0v) is 9.55. The van der Waals surface area contributed by atoms with Crippen LogP contribution in [0.4, 0.5) is 0 Å². The van der Waals surface area contributed by atoms with Crippen LogP contribution in [-0.2, 0) is 14.3 Å². The highest BCUT2D eigenvalue weighted by molar-refractivity contribution is 5.78. The second kappa shape index (κ2) is 6.65. The number of hydrogen-bond donors (Lipinski definition) is 2. The Morgan fingerprint density at radius 1 is 1.29 bits per heavy atom. The minimum Gasteiger partial charge on any atom is -0.480 e. The number of benzene rings is 1. The highest BCUT2D eigenvalue weighted by Crippen LogP contribution is 2.10. The molecule has 0 saturated carbocycles. The van der Waals surface area contributed by atoms with Gasteiger partial charge in [0.15, 0.2) is 0 Å². The van der Waals surface area contributed by atoms with Crippen LogP contribution in [0.15, 0.2) is 30.3 Å². The highest BCUT2D eigenvalue weighted by atomic mass is 16.5. The molecular weight excluding hydrogens is 222 g/mol. The highest BCUT2D eigenvalue weighted by Gasteiger charge is 2.09. The fourth-order valence-corrected chi connectivity index (χ4v) is 1.34. The van der Waals surface area contributed by atoms with Crippen molar-refractivity contribution in [3.8, 4) is 0 Å². The lowest BCUT2D eigenvalue weighted by Gasteiger charge is -2.13. The molecule has 5 heteroatoms. The van der Waals surface area contributed by atoms with Gasteiger partial charge in [0.1, 0.15) is 13.2 Å². The predicted molar refractivity (Wildman–Crippen MR) is 61.5 cm³/mol. The zero-order valence-electron chi connectivity index (χ0n) is 9.55. The molecule has 0 fully saturated rings. The smallest absolute Gasteiger partial charge is 0.329 e. The van der Waals surface area contributed by atoms with E-state index in [0.29, 0.717) is 0 Å². The van der Waals surface area contributed by atoms with E-state index in [9.17, 15) is 9.59 Å². The summed E-state index contributed by atoms with van der Waals surface area (Å²) in [6.07, 6.45) is 0. The second-order valence-electron chi connectivity index (χ2n) is 3.59. The SMILES string of the molecule is C[C@@H](NC(=O)COCC(=O)O)c1ccccc1. The Labute approximate surface area is 99.4 Å². The summed E-state index contributed by atoms with van der Waals surface area (Å²) in [4.78, 5) is 21.5. The molecule has 0 aliphatic rings. The zero-order chi connectivity index (χ0) is 12.7. The van der Waals surface area contributed by atoms with Gasteiger partial charge in [-0.3, -0.25) is 4.79 Å². The summed E-state index contributed by atoms with van der Waals surface area (Å²) in [5, 5.41) is 11.0. The number of aliphatic carboxylic acids is 1. The molecule has 0 aliphatic heterocycles. The molecule has 0 unspecified atom stereocenters. The van der Waals surface area contributed by atoms with Gasteiger partial charge in [-0.15, -0.1) is 0 Å². The second-order valence-corrected chi connectivity index (χ2v) is 3.59. The van der Waals surface area contributed by atoms with Crippen molar-refractivity contribution in [2.24, 2.45) is 0 Å². The number of carboxylic acid groups (broad SMARTS) is 1. The Balaban J connectivity index is 2.34. The number of hydrogen-bond acceptors (Lipinski definition) is 3. The van der Waals surface area contributed by atoms with E-state index in [-0.39, 0.29) is 18.6 Å². The van der Waals surface area contributed by atoms with Crippen molar-refractivity contribution >= 4 is 11.9 Å². The lowest BCUT2D eigenvalue weighted by molar-refractivity contribution is -0.143. The summed E-state index contributed by atoms with van der Waals surface area (Å²) in [6, 6.07) is 9.36. The standard InChI is InChI=1S/C12H15NO4/c1-9(10-5-3-2-4-6-10)13-11(14)7-17-8-12(15)16/h2-6,9H,7-8H2,1H3,(H,13,14)(H,15,16)/t9-/m1/s1. The van der Waals surface area contributed by atoms with Gasteiger partial charge in [-0.25, -0.2) is 4.79 Å². The first-order chi connectivity index (χ1) is 8.09. The number of carbonyl (C=O) groups is 2. The van der Waals surface area contributed by atoms with Gasteiger partial charge in [0.2, 0.25) is 5.91 Å². The maximum atomic E-state index is 11.4. The summed E-state index contributed by atoms with van der Waals surface area (Å²) in [5.74, 6) is -1.42. The summed E-state index contributed by atoms with van der Waals surface area (Å²) in [7, 11) is 0. The van der Waals surface area contributed by atoms with Crippen LogP contribution in [0.3, 0.4) is 0 Å². The molecule has 1 atom stereocenters. The first kappa shape index (κ1) is 13.2. The first-order valence-corrected chi connectivity index (χ1v) is 5.23. The summed E-state index contributed by atoms with van der Waals surface area (Å²) < 4.78 is 4.68. The van der Waals surface area contributed by atoms with Crippen molar-refractivity contribution in [3.05, 3.63) is 35.9 Å². The van der Waals surface area contributed by atoms with Gasteiger partial charge >= 0.3 is 5.97 Å². The maximum Gasteiger partial charge on any atom is 0.329 e. The third kappa shape index (κ3) is 5.12. The van der Waals surface area contributed by atoms with Crippen LogP contribution in [-0.4, -0.2) is 30.2 Å².